The van der Waals surface area contributed by atoms with Crippen molar-refractivity contribution in [3.8, 4) is 0 Å². The number of nitro benzene ring substituents is 1. The quantitative estimate of drug-likeness (QED) is 0.203. The SMILES string of the molecule is CC1=C[C@H]2N(c3ccccc31)[C@H](C(=O)c1ccc([N+](=O)[O-])cc1)[C@@H](C(=O)c1cccnc1)[C@]21C(=O)Nc2ccccc21. The van der Waals surface area contributed by atoms with Crippen LogP contribution in [0.2, 0.25) is 0 Å². The van der Waals surface area contributed by atoms with E-state index < -0.39 is 34.1 Å². The Bertz CT molecular complexity index is 1830. The predicted molar refractivity (Wildman–Crippen MR) is 156 cm³/mol. The highest BCUT2D eigenvalue weighted by Gasteiger charge is 2.70. The van der Waals surface area contributed by atoms with E-state index in [0.29, 0.717) is 11.3 Å². The van der Waals surface area contributed by atoms with Gasteiger partial charge in [0.1, 0.15) is 11.5 Å². The first-order chi connectivity index (χ1) is 20.3. The van der Waals surface area contributed by atoms with Gasteiger partial charge in [-0.2, -0.15) is 0 Å². The van der Waals surface area contributed by atoms with Gasteiger partial charge in [-0.1, -0.05) is 42.5 Å². The number of aromatic nitrogens is 1. The number of nitrogens with zero attached hydrogens (tertiary/aromatic N) is 3. The highest BCUT2D eigenvalue weighted by molar-refractivity contribution is 6.18. The van der Waals surface area contributed by atoms with Crippen LogP contribution in [0.3, 0.4) is 0 Å². The van der Waals surface area contributed by atoms with E-state index in [1.54, 1.807) is 24.4 Å². The Hall–Kier alpha value is -5.44. The molecule has 3 aliphatic rings. The first-order valence-electron chi connectivity index (χ1n) is 13.5. The third-order valence-electron chi connectivity index (χ3n) is 8.74. The van der Waals surface area contributed by atoms with Crippen molar-refractivity contribution in [3.05, 3.63) is 136 Å². The Balaban J connectivity index is 1.53. The number of amides is 1. The Morgan fingerprint density at radius 2 is 1.67 bits per heavy atom. The van der Waals surface area contributed by atoms with Crippen molar-refractivity contribution in [2.24, 2.45) is 5.92 Å². The fourth-order valence-corrected chi connectivity index (χ4v) is 6.99. The van der Waals surface area contributed by atoms with Crippen LogP contribution < -0.4 is 10.2 Å². The molecule has 1 amide bonds. The lowest BCUT2D eigenvalue weighted by molar-refractivity contribution is -0.384. The standard InChI is InChI=1S/C33H24N4O5/c1-19-17-27-33(24-9-3-4-10-25(24)35-32(33)40)28(30(38)21-7-6-16-34-18-21)29(36(27)26-11-5-2-8-23(19)26)31(39)20-12-14-22(15-13-20)37(41)42/h2-18,27-29H,1H3,(H,35,40)/t27-,28+,29+,33-/m1/s1. The van der Waals surface area contributed by atoms with Gasteiger partial charge in [0.2, 0.25) is 5.91 Å². The average molecular weight is 557 g/mol. The second-order valence-electron chi connectivity index (χ2n) is 10.8. The lowest BCUT2D eigenvalue weighted by atomic mass is 9.64. The zero-order chi connectivity index (χ0) is 29.2. The smallest absolute Gasteiger partial charge is 0.269 e. The summed E-state index contributed by atoms with van der Waals surface area (Å²) in [6.45, 7) is 1.96. The third kappa shape index (κ3) is 3.43. The Kier molecular flexibility index (Phi) is 5.65. The summed E-state index contributed by atoms with van der Waals surface area (Å²) in [5, 5.41) is 14.3. The summed E-state index contributed by atoms with van der Waals surface area (Å²) in [5.74, 6) is -2.29. The van der Waals surface area contributed by atoms with E-state index in [4.69, 9.17) is 0 Å². The highest BCUT2D eigenvalue weighted by atomic mass is 16.6. The molecule has 4 atom stereocenters. The average Bonchev–Trinajstić information content (AvgIpc) is 3.49. The van der Waals surface area contributed by atoms with Gasteiger partial charge >= 0.3 is 0 Å². The summed E-state index contributed by atoms with van der Waals surface area (Å²) in [6.07, 6.45) is 5.00. The number of non-ortho nitro benzene ring substituents is 1. The number of allylic oxidation sites excluding steroid dienone is 1. The lowest BCUT2D eigenvalue weighted by Crippen LogP contribution is -2.51. The van der Waals surface area contributed by atoms with E-state index in [9.17, 15) is 24.5 Å². The number of nitro groups is 1. The van der Waals surface area contributed by atoms with Crippen LogP contribution in [-0.2, 0) is 10.2 Å². The van der Waals surface area contributed by atoms with Gasteiger partial charge < -0.3 is 10.2 Å². The van der Waals surface area contributed by atoms with Crippen molar-refractivity contribution in [2.45, 2.75) is 24.4 Å². The zero-order valence-electron chi connectivity index (χ0n) is 22.4. The van der Waals surface area contributed by atoms with Gasteiger partial charge in [-0.3, -0.25) is 29.5 Å². The molecule has 0 unspecified atom stereocenters. The number of hydrogen-bond donors (Lipinski definition) is 1. The van der Waals surface area contributed by atoms with Gasteiger partial charge in [-0.25, -0.2) is 0 Å². The number of pyridine rings is 1. The van der Waals surface area contributed by atoms with Gasteiger partial charge in [-0.05, 0) is 54.5 Å². The number of ketones is 2. The minimum absolute atomic E-state index is 0.152. The lowest BCUT2D eigenvalue weighted by Gasteiger charge is -2.39. The van der Waals surface area contributed by atoms with Crippen LogP contribution >= 0.6 is 0 Å². The van der Waals surface area contributed by atoms with E-state index in [1.807, 2.05) is 60.4 Å². The van der Waals surface area contributed by atoms with E-state index in [0.717, 1.165) is 16.8 Å². The molecule has 4 aromatic rings. The molecule has 7 rings (SSSR count). The summed E-state index contributed by atoms with van der Waals surface area (Å²) in [4.78, 5) is 60.6. The molecule has 42 heavy (non-hydrogen) atoms. The molecular weight excluding hydrogens is 532 g/mol. The maximum Gasteiger partial charge on any atom is 0.269 e. The van der Waals surface area contributed by atoms with Crippen molar-refractivity contribution in [1.82, 2.24) is 4.98 Å². The molecule has 1 fully saturated rings. The molecule has 1 aromatic heterocycles. The number of benzene rings is 3. The Morgan fingerprint density at radius 1 is 0.929 bits per heavy atom. The first kappa shape index (κ1) is 25.5. The first-order valence-corrected chi connectivity index (χ1v) is 13.5. The molecule has 3 aromatic carbocycles. The number of Topliss-reactive ketones (excluding diaryl/α,β-unsaturated/α-hetero) is 2. The van der Waals surface area contributed by atoms with Crippen molar-refractivity contribution < 1.29 is 19.3 Å². The Labute approximate surface area is 240 Å². The molecule has 4 heterocycles. The van der Waals surface area contributed by atoms with E-state index in [1.165, 1.54) is 30.5 Å². The second kappa shape index (κ2) is 9.31. The molecule has 1 N–H and O–H groups in total. The number of fused-ring (bicyclic) bond motifs is 6. The number of nitrogens with one attached hydrogen (secondary N) is 1. The van der Waals surface area contributed by atoms with Crippen LogP contribution in [-0.4, -0.2) is 39.5 Å². The topological polar surface area (TPSA) is 123 Å². The van der Waals surface area contributed by atoms with Crippen LogP contribution in [0.25, 0.3) is 5.57 Å². The number of carbonyl (C=O) groups excluding carboxylic acids is 3. The molecule has 0 saturated carbocycles. The maximum absolute atomic E-state index is 14.7. The fraction of sp³-hybridized carbons (Fsp3) is 0.152. The number of anilines is 2. The molecule has 9 heteroatoms. The number of rotatable bonds is 5. The van der Waals surface area contributed by atoms with Crippen molar-refractivity contribution >= 4 is 40.1 Å². The third-order valence-corrected chi connectivity index (χ3v) is 8.74. The van der Waals surface area contributed by atoms with Crippen molar-refractivity contribution in [1.29, 1.82) is 0 Å². The van der Waals surface area contributed by atoms with Crippen LogP contribution in [0.1, 0.15) is 38.8 Å². The summed E-state index contributed by atoms with van der Waals surface area (Å²) < 4.78 is 0. The largest absolute Gasteiger partial charge is 0.352 e. The van der Waals surface area contributed by atoms with Crippen molar-refractivity contribution in [2.75, 3.05) is 10.2 Å². The normalized spacial score (nSPS) is 23.5. The zero-order valence-corrected chi connectivity index (χ0v) is 22.4. The molecular formula is C33H24N4O5. The van der Waals surface area contributed by atoms with E-state index in [-0.39, 0.29) is 28.5 Å². The molecule has 1 saturated heterocycles. The fourth-order valence-electron chi connectivity index (χ4n) is 6.99. The van der Waals surface area contributed by atoms with E-state index in [2.05, 4.69) is 10.3 Å². The summed E-state index contributed by atoms with van der Waals surface area (Å²) >= 11 is 0. The number of hydrogen-bond acceptors (Lipinski definition) is 7. The maximum atomic E-state index is 14.7. The van der Waals surface area contributed by atoms with Crippen LogP contribution in [0.15, 0.2) is 103 Å². The number of para-hydroxylation sites is 2. The molecule has 1 spiro atoms. The monoisotopic (exact) mass is 556 g/mol. The molecule has 9 nitrogen and oxygen atoms in total. The van der Waals surface area contributed by atoms with Crippen LogP contribution in [0.5, 0.6) is 0 Å². The minimum atomic E-state index is -1.45. The molecule has 0 bridgehead atoms. The van der Waals surface area contributed by atoms with Gasteiger partial charge in [0.05, 0.1) is 16.9 Å². The minimum Gasteiger partial charge on any atom is -0.352 e. The van der Waals surface area contributed by atoms with Crippen molar-refractivity contribution in [3.63, 3.8) is 0 Å². The van der Waals surface area contributed by atoms with Crippen LogP contribution in [0, 0.1) is 16.0 Å². The van der Waals surface area contributed by atoms with Gasteiger partial charge in [-0.15, -0.1) is 0 Å². The molecule has 0 aliphatic carbocycles. The number of carbonyl (C=O) groups is 3. The molecule has 3 aliphatic heterocycles. The van der Waals surface area contributed by atoms with Gasteiger partial charge in [0, 0.05) is 52.6 Å². The van der Waals surface area contributed by atoms with Gasteiger partial charge in [0.25, 0.3) is 5.69 Å². The molecule has 206 valence electrons. The van der Waals surface area contributed by atoms with E-state index >= 15 is 0 Å². The predicted octanol–water partition coefficient (Wildman–Crippen LogP) is 5.24. The second-order valence-corrected chi connectivity index (χ2v) is 10.8. The summed E-state index contributed by atoms with van der Waals surface area (Å²) in [6, 6.07) is 21.8. The van der Waals surface area contributed by atoms with Gasteiger partial charge in [0.15, 0.2) is 11.6 Å². The Morgan fingerprint density at radius 3 is 2.40 bits per heavy atom. The highest BCUT2D eigenvalue weighted by Crippen LogP contribution is 2.58. The summed E-state index contributed by atoms with van der Waals surface area (Å²) in [5.41, 5.74) is 2.71. The summed E-state index contributed by atoms with van der Waals surface area (Å²) in [7, 11) is 0. The van der Waals surface area contributed by atoms with Crippen LogP contribution in [0.4, 0.5) is 17.1 Å². The molecule has 0 radical (unpaired) electrons.